The quantitative estimate of drug-likeness (QED) is 0.350. The zero-order valence-corrected chi connectivity index (χ0v) is 20.8. The molecule has 0 aliphatic carbocycles. The Labute approximate surface area is 203 Å². The molecule has 9 heteroatoms. The first kappa shape index (κ1) is 25.2. The summed E-state index contributed by atoms with van der Waals surface area (Å²) in [5.74, 6) is 0.0689. The highest BCUT2D eigenvalue weighted by Gasteiger charge is 2.22. The van der Waals surface area contributed by atoms with Gasteiger partial charge in [-0.25, -0.2) is 0 Å². The molecule has 0 aliphatic heterocycles. The van der Waals surface area contributed by atoms with Crippen LogP contribution in [0.2, 0.25) is 0 Å². The van der Waals surface area contributed by atoms with Gasteiger partial charge >= 0.3 is 0 Å². The van der Waals surface area contributed by atoms with Crippen molar-refractivity contribution in [3.63, 3.8) is 0 Å². The molecule has 0 saturated carbocycles. The minimum absolute atomic E-state index is 0.0642. The smallest absolute Gasteiger partial charge is 0.237 e. The topological polar surface area (TPSA) is 106 Å². The highest BCUT2D eigenvalue weighted by molar-refractivity contribution is 8.00. The molecular formula is C25H29N5O3S. The summed E-state index contributed by atoms with van der Waals surface area (Å²) in [6, 6.07) is 12.7. The monoisotopic (exact) mass is 479 g/mol. The summed E-state index contributed by atoms with van der Waals surface area (Å²) in [5, 5.41) is 14.3. The van der Waals surface area contributed by atoms with Crippen molar-refractivity contribution in [2.45, 2.75) is 50.9 Å². The molecule has 34 heavy (non-hydrogen) atoms. The van der Waals surface area contributed by atoms with Gasteiger partial charge < -0.3 is 15.2 Å². The maximum absolute atomic E-state index is 12.8. The SMILES string of the molecule is CC[C@H](Sc1nnc(CC(=O)Nc2ccc(C)cc2C)n1C)C(=O)Nc1cccc(C(C)=O)c1. The van der Waals surface area contributed by atoms with E-state index in [1.165, 1.54) is 18.7 Å². The minimum Gasteiger partial charge on any atom is -0.325 e. The van der Waals surface area contributed by atoms with Gasteiger partial charge in [0.05, 0.1) is 11.7 Å². The Bertz CT molecular complexity index is 1220. The number of Topliss-reactive ketones (excluding diaryl/α,β-unsaturated/α-hetero) is 1. The van der Waals surface area contributed by atoms with Gasteiger partial charge in [-0.1, -0.05) is 48.5 Å². The van der Waals surface area contributed by atoms with Crippen LogP contribution in [0.15, 0.2) is 47.6 Å². The average Bonchev–Trinajstić information content (AvgIpc) is 3.12. The molecule has 1 heterocycles. The van der Waals surface area contributed by atoms with Crippen LogP contribution >= 0.6 is 11.8 Å². The van der Waals surface area contributed by atoms with E-state index in [1.807, 2.05) is 39.0 Å². The minimum atomic E-state index is -0.416. The second-order valence-corrected chi connectivity index (χ2v) is 9.31. The van der Waals surface area contributed by atoms with Crippen LogP contribution in [0.4, 0.5) is 11.4 Å². The predicted octanol–water partition coefficient (Wildman–Crippen LogP) is 4.33. The van der Waals surface area contributed by atoms with Crippen LogP contribution in [0, 0.1) is 13.8 Å². The fourth-order valence-corrected chi connectivity index (χ4v) is 4.32. The molecule has 3 aromatic rings. The standard InChI is InChI=1S/C25H29N5O3S/c1-6-21(24(33)26-19-9-7-8-18(13-19)17(4)31)34-25-29-28-22(30(25)5)14-23(32)27-20-11-10-15(2)12-16(20)3/h7-13,21H,6,14H2,1-5H3,(H,26,33)(H,27,32)/t21-/m0/s1. The van der Waals surface area contributed by atoms with Gasteiger partial charge in [0, 0.05) is 24.0 Å². The molecule has 3 rings (SSSR count). The van der Waals surface area contributed by atoms with Crippen molar-refractivity contribution in [1.82, 2.24) is 14.8 Å². The number of nitrogens with one attached hydrogen (secondary N) is 2. The number of thioether (sulfide) groups is 1. The lowest BCUT2D eigenvalue weighted by molar-refractivity contribution is -0.116. The van der Waals surface area contributed by atoms with E-state index >= 15 is 0 Å². The van der Waals surface area contributed by atoms with Crippen LogP contribution in [0.1, 0.15) is 47.6 Å². The molecule has 0 spiro atoms. The fraction of sp³-hybridized carbons (Fsp3) is 0.320. The number of hydrogen-bond acceptors (Lipinski definition) is 6. The second-order valence-electron chi connectivity index (χ2n) is 8.14. The van der Waals surface area contributed by atoms with Gasteiger partial charge in [0.1, 0.15) is 5.82 Å². The van der Waals surface area contributed by atoms with Gasteiger partial charge in [0.2, 0.25) is 11.8 Å². The number of rotatable bonds is 9. The Balaban J connectivity index is 1.64. The van der Waals surface area contributed by atoms with Crippen LogP contribution in [-0.2, 0) is 23.1 Å². The fourth-order valence-electron chi connectivity index (χ4n) is 3.38. The molecule has 1 atom stereocenters. The first-order valence-electron chi connectivity index (χ1n) is 11.0. The number of aryl methyl sites for hydroxylation is 2. The predicted molar refractivity (Wildman–Crippen MR) is 134 cm³/mol. The molecule has 8 nitrogen and oxygen atoms in total. The van der Waals surface area contributed by atoms with Gasteiger partial charge in [0.25, 0.3) is 0 Å². The van der Waals surface area contributed by atoms with E-state index in [0.717, 1.165) is 16.8 Å². The maximum atomic E-state index is 12.8. The van der Waals surface area contributed by atoms with Crippen molar-refractivity contribution in [3.8, 4) is 0 Å². The molecule has 0 fully saturated rings. The lowest BCUT2D eigenvalue weighted by Gasteiger charge is -2.14. The Morgan fingerprint density at radius 3 is 2.50 bits per heavy atom. The third-order valence-corrected chi connectivity index (χ3v) is 6.75. The Kier molecular flexibility index (Phi) is 8.22. The van der Waals surface area contributed by atoms with Crippen LogP contribution in [0.5, 0.6) is 0 Å². The van der Waals surface area contributed by atoms with Gasteiger partial charge in [0.15, 0.2) is 10.9 Å². The Morgan fingerprint density at radius 1 is 1.06 bits per heavy atom. The molecule has 2 amide bonds. The largest absolute Gasteiger partial charge is 0.325 e. The lowest BCUT2D eigenvalue weighted by atomic mass is 10.1. The van der Waals surface area contributed by atoms with Gasteiger partial charge in [-0.3, -0.25) is 14.4 Å². The Morgan fingerprint density at radius 2 is 1.82 bits per heavy atom. The summed E-state index contributed by atoms with van der Waals surface area (Å²) in [6.45, 7) is 7.35. The summed E-state index contributed by atoms with van der Waals surface area (Å²) < 4.78 is 1.73. The number of ketones is 1. The van der Waals surface area contributed by atoms with Crippen molar-refractivity contribution >= 4 is 40.7 Å². The third kappa shape index (κ3) is 6.32. The number of hydrogen-bond donors (Lipinski definition) is 2. The molecule has 2 N–H and O–H groups in total. The number of aromatic nitrogens is 3. The normalized spacial score (nSPS) is 11.7. The number of carbonyl (C=O) groups is 3. The van der Waals surface area contributed by atoms with E-state index in [-0.39, 0.29) is 24.0 Å². The number of benzene rings is 2. The molecule has 0 radical (unpaired) electrons. The van der Waals surface area contributed by atoms with Gasteiger partial charge in [-0.05, 0) is 51.0 Å². The summed E-state index contributed by atoms with van der Waals surface area (Å²) in [6.07, 6.45) is 0.635. The average molecular weight is 480 g/mol. The molecule has 0 unspecified atom stereocenters. The zero-order valence-electron chi connectivity index (χ0n) is 20.0. The van der Waals surface area contributed by atoms with Gasteiger partial charge in [-0.15, -0.1) is 10.2 Å². The summed E-state index contributed by atoms with van der Waals surface area (Å²) in [7, 11) is 1.78. The van der Waals surface area contributed by atoms with E-state index in [0.29, 0.717) is 28.7 Å². The highest BCUT2D eigenvalue weighted by Crippen LogP contribution is 2.26. The van der Waals surface area contributed by atoms with Crippen LogP contribution in [0.25, 0.3) is 0 Å². The molecule has 2 aromatic carbocycles. The summed E-state index contributed by atoms with van der Waals surface area (Å²) in [5.41, 5.74) is 4.00. The molecule has 0 bridgehead atoms. The van der Waals surface area contributed by atoms with E-state index < -0.39 is 5.25 Å². The van der Waals surface area contributed by atoms with E-state index in [2.05, 4.69) is 20.8 Å². The number of carbonyl (C=O) groups excluding carboxylic acids is 3. The van der Waals surface area contributed by atoms with E-state index in [1.54, 1.807) is 35.9 Å². The third-order valence-electron chi connectivity index (χ3n) is 5.35. The molecule has 178 valence electrons. The van der Waals surface area contributed by atoms with Crippen molar-refractivity contribution in [3.05, 3.63) is 65.0 Å². The van der Waals surface area contributed by atoms with Crippen molar-refractivity contribution < 1.29 is 14.4 Å². The molecule has 0 aliphatic rings. The highest BCUT2D eigenvalue weighted by atomic mass is 32.2. The first-order chi connectivity index (χ1) is 16.2. The van der Waals surface area contributed by atoms with Crippen LogP contribution in [0.3, 0.4) is 0 Å². The number of nitrogens with zero attached hydrogens (tertiary/aromatic N) is 3. The first-order valence-corrected chi connectivity index (χ1v) is 11.9. The summed E-state index contributed by atoms with van der Waals surface area (Å²) >= 11 is 1.29. The number of anilines is 2. The van der Waals surface area contributed by atoms with Crippen LogP contribution in [-0.4, -0.2) is 37.6 Å². The zero-order chi connectivity index (χ0) is 24.8. The van der Waals surface area contributed by atoms with Crippen molar-refractivity contribution in [1.29, 1.82) is 0 Å². The lowest BCUT2D eigenvalue weighted by Crippen LogP contribution is -2.25. The number of amides is 2. The van der Waals surface area contributed by atoms with Crippen molar-refractivity contribution in [2.75, 3.05) is 10.6 Å². The van der Waals surface area contributed by atoms with E-state index in [4.69, 9.17) is 0 Å². The summed E-state index contributed by atoms with van der Waals surface area (Å²) in [4.78, 5) is 37.0. The Hall–Kier alpha value is -3.46. The molecule has 0 saturated heterocycles. The van der Waals surface area contributed by atoms with Crippen LogP contribution < -0.4 is 10.6 Å². The molecule has 1 aromatic heterocycles. The molecular weight excluding hydrogens is 450 g/mol. The van der Waals surface area contributed by atoms with E-state index in [9.17, 15) is 14.4 Å². The van der Waals surface area contributed by atoms with Gasteiger partial charge in [-0.2, -0.15) is 0 Å². The van der Waals surface area contributed by atoms with Crippen molar-refractivity contribution in [2.24, 2.45) is 7.05 Å². The second kappa shape index (κ2) is 11.1. The maximum Gasteiger partial charge on any atom is 0.237 e.